The Bertz CT molecular complexity index is 457. The molecule has 0 aliphatic rings. The fourth-order valence-corrected chi connectivity index (χ4v) is 2.36. The molecule has 17 heavy (non-hydrogen) atoms. The highest BCUT2D eigenvalue weighted by molar-refractivity contribution is 7.93. The third-order valence-corrected chi connectivity index (χ3v) is 4.29. The van der Waals surface area contributed by atoms with Gasteiger partial charge in [-0.05, 0) is 25.0 Å². The second-order valence-electron chi connectivity index (χ2n) is 4.05. The summed E-state index contributed by atoms with van der Waals surface area (Å²) in [6, 6.07) is 7.33. The number of aliphatic hydroxyl groups is 1. The van der Waals surface area contributed by atoms with Gasteiger partial charge in [0.1, 0.15) is 5.25 Å². The second-order valence-corrected chi connectivity index (χ2v) is 6.15. The van der Waals surface area contributed by atoms with Crippen molar-refractivity contribution >= 4 is 15.7 Å². The summed E-state index contributed by atoms with van der Waals surface area (Å²) in [6.07, 6.45) is 1.78. The number of anilines is 1. The van der Waals surface area contributed by atoms with E-state index in [4.69, 9.17) is 5.11 Å². The average Bonchev–Trinajstić information content (AvgIpc) is 2.30. The van der Waals surface area contributed by atoms with Gasteiger partial charge in [0, 0.05) is 0 Å². The van der Waals surface area contributed by atoms with Crippen LogP contribution in [0.25, 0.3) is 0 Å². The number of benzene rings is 1. The number of rotatable bonds is 6. The molecule has 0 fully saturated rings. The van der Waals surface area contributed by atoms with Crippen LogP contribution in [0.15, 0.2) is 24.3 Å². The molecular formula is C12H19NO3S. The summed E-state index contributed by atoms with van der Waals surface area (Å²) < 4.78 is 26.2. The van der Waals surface area contributed by atoms with Crippen LogP contribution in [-0.2, 0) is 16.4 Å². The van der Waals surface area contributed by atoms with Crippen LogP contribution in [-0.4, -0.2) is 25.4 Å². The number of aryl methyl sites for hydroxylation is 1. The Hall–Kier alpha value is -1.07. The molecular weight excluding hydrogens is 238 g/mol. The van der Waals surface area contributed by atoms with E-state index in [1.54, 1.807) is 12.1 Å². The SMILES string of the molecule is CCCc1ccccc1NS(=O)(=O)C(C)CO. The Labute approximate surface area is 103 Å². The van der Waals surface area contributed by atoms with Gasteiger partial charge in [0.2, 0.25) is 10.0 Å². The van der Waals surface area contributed by atoms with Crippen LogP contribution in [0, 0.1) is 0 Å². The zero-order valence-corrected chi connectivity index (χ0v) is 11.0. The van der Waals surface area contributed by atoms with Gasteiger partial charge in [-0.15, -0.1) is 0 Å². The minimum absolute atomic E-state index is 0.384. The van der Waals surface area contributed by atoms with Crippen molar-refractivity contribution in [1.82, 2.24) is 0 Å². The standard InChI is InChI=1S/C12H19NO3S/c1-3-6-11-7-4-5-8-12(11)13-17(15,16)10(2)9-14/h4-5,7-8,10,13-14H,3,6,9H2,1-2H3. The Morgan fingerprint density at radius 1 is 1.35 bits per heavy atom. The molecule has 0 spiro atoms. The first-order chi connectivity index (χ1) is 8.01. The molecule has 0 radical (unpaired) electrons. The lowest BCUT2D eigenvalue weighted by atomic mass is 10.1. The van der Waals surface area contributed by atoms with Gasteiger partial charge in [-0.1, -0.05) is 31.5 Å². The molecule has 5 heteroatoms. The predicted molar refractivity (Wildman–Crippen MR) is 69.5 cm³/mol. The van der Waals surface area contributed by atoms with Crippen LogP contribution in [0.3, 0.4) is 0 Å². The van der Waals surface area contributed by atoms with E-state index >= 15 is 0 Å². The van der Waals surface area contributed by atoms with Gasteiger partial charge < -0.3 is 5.11 Å². The third-order valence-electron chi connectivity index (χ3n) is 2.58. The number of hydrogen-bond donors (Lipinski definition) is 2. The van der Waals surface area contributed by atoms with Crippen molar-refractivity contribution in [3.05, 3.63) is 29.8 Å². The minimum Gasteiger partial charge on any atom is -0.395 e. The van der Waals surface area contributed by atoms with Crippen molar-refractivity contribution in [2.45, 2.75) is 31.9 Å². The van der Waals surface area contributed by atoms with Crippen molar-refractivity contribution in [3.8, 4) is 0 Å². The predicted octanol–water partition coefficient (Wildman–Crippen LogP) is 1.76. The monoisotopic (exact) mass is 257 g/mol. The van der Waals surface area contributed by atoms with Gasteiger partial charge in [0.15, 0.2) is 0 Å². The summed E-state index contributed by atoms with van der Waals surface area (Å²) in [5, 5.41) is 8.09. The zero-order chi connectivity index (χ0) is 12.9. The van der Waals surface area contributed by atoms with Crippen molar-refractivity contribution in [2.75, 3.05) is 11.3 Å². The van der Waals surface area contributed by atoms with E-state index in [0.29, 0.717) is 5.69 Å². The first-order valence-corrected chi connectivity index (χ1v) is 7.26. The van der Waals surface area contributed by atoms with Crippen LogP contribution in [0.5, 0.6) is 0 Å². The number of nitrogens with one attached hydrogen (secondary N) is 1. The summed E-state index contributed by atoms with van der Waals surface area (Å²) in [7, 11) is -3.50. The van der Waals surface area contributed by atoms with E-state index in [1.165, 1.54) is 6.92 Å². The molecule has 1 rings (SSSR count). The maximum absolute atomic E-state index is 11.8. The van der Waals surface area contributed by atoms with E-state index in [1.807, 2.05) is 19.1 Å². The number of aliphatic hydroxyl groups excluding tert-OH is 1. The zero-order valence-electron chi connectivity index (χ0n) is 10.2. The van der Waals surface area contributed by atoms with E-state index in [-0.39, 0.29) is 6.61 Å². The largest absolute Gasteiger partial charge is 0.395 e. The van der Waals surface area contributed by atoms with Crippen molar-refractivity contribution in [3.63, 3.8) is 0 Å². The van der Waals surface area contributed by atoms with Crippen LogP contribution in [0.1, 0.15) is 25.8 Å². The normalized spacial score (nSPS) is 13.4. The van der Waals surface area contributed by atoms with Crippen LogP contribution in [0.4, 0.5) is 5.69 Å². The van der Waals surface area contributed by atoms with E-state index < -0.39 is 15.3 Å². The van der Waals surface area contributed by atoms with Gasteiger partial charge >= 0.3 is 0 Å². The Morgan fingerprint density at radius 2 is 2.00 bits per heavy atom. The average molecular weight is 257 g/mol. The molecule has 1 aromatic carbocycles. The molecule has 0 amide bonds. The van der Waals surface area contributed by atoms with Gasteiger partial charge in [0.05, 0.1) is 12.3 Å². The summed E-state index contributed by atoms with van der Waals surface area (Å²) in [4.78, 5) is 0. The number of sulfonamides is 1. The fourth-order valence-electron chi connectivity index (χ4n) is 1.46. The quantitative estimate of drug-likeness (QED) is 0.816. The molecule has 1 aromatic rings. The Kier molecular flexibility index (Phi) is 4.96. The molecule has 0 bridgehead atoms. The molecule has 0 saturated heterocycles. The van der Waals surface area contributed by atoms with Gasteiger partial charge in [-0.2, -0.15) is 0 Å². The van der Waals surface area contributed by atoms with Crippen molar-refractivity contribution in [1.29, 1.82) is 0 Å². The van der Waals surface area contributed by atoms with Crippen LogP contribution < -0.4 is 4.72 Å². The molecule has 0 aromatic heterocycles. The smallest absolute Gasteiger partial charge is 0.237 e. The first kappa shape index (κ1) is 14.0. The topological polar surface area (TPSA) is 66.4 Å². The third kappa shape index (κ3) is 3.71. The van der Waals surface area contributed by atoms with Crippen LogP contribution >= 0.6 is 0 Å². The molecule has 0 aliphatic carbocycles. The van der Waals surface area contributed by atoms with Gasteiger partial charge in [-0.25, -0.2) is 8.42 Å². The maximum atomic E-state index is 11.8. The lowest BCUT2D eigenvalue weighted by molar-refractivity contribution is 0.296. The van der Waals surface area contributed by atoms with E-state index in [0.717, 1.165) is 18.4 Å². The van der Waals surface area contributed by atoms with E-state index in [2.05, 4.69) is 4.72 Å². The fraction of sp³-hybridized carbons (Fsp3) is 0.500. The van der Waals surface area contributed by atoms with Crippen molar-refractivity contribution < 1.29 is 13.5 Å². The van der Waals surface area contributed by atoms with Gasteiger partial charge in [-0.3, -0.25) is 4.72 Å². The first-order valence-electron chi connectivity index (χ1n) is 5.71. The molecule has 0 aliphatic heterocycles. The summed E-state index contributed by atoms with van der Waals surface area (Å²) in [5.41, 5.74) is 1.58. The molecule has 96 valence electrons. The maximum Gasteiger partial charge on any atom is 0.237 e. The van der Waals surface area contributed by atoms with E-state index in [9.17, 15) is 8.42 Å². The molecule has 4 nitrogen and oxygen atoms in total. The summed E-state index contributed by atoms with van der Waals surface area (Å²) in [6.45, 7) is 3.14. The minimum atomic E-state index is -3.50. The molecule has 1 atom stereocenters. The molecule has 0 heterocycles. The summed E-state index contributed by atoms with van der Waals surface area (Å²) in [5.74, 6) is 0. The molecule has 0 saturated carbocycles. The van der Waals surface area contributed by atoms with Gasteiger partial charge in [0.25, 0.3) is 0 Å². The second kappa shape index (κ2) is 6.02. The Balaban J connectivity index is 2.95. The highest BCUT2D eigenvalue weighted by atomic mass is 32.2. The van der Waals surface area contributed by atoms with Crippen LogP contribution in [0.2, 0.25) is 0 Å². The highest BCUT2D eigenvalue weighted by Crippen LogP contribution is 2.19. The lowest BCUT2D eigenvalue weighted by Crippen LogP contribution is -2.28. The molecule has 2 N–H and O–H groups in total. The molecule has 1 unspecified atom stereocenters. The number of para-hydroxylation sites is 1. The number of hydrogen-bond acceptors (Lipinski definition) is 3. The Morgan fingerprint density at radius 3 is 2.59 bits per heavy atom. The lowest BCUT2D eigenvalue weighted by Gasteiger charge is -2.15. The van der Waals surface area contributed by atoms with Crippen molar-refractivity contribution in [2.24, 2.45) is 0 Å². The highest BCUT2D eigenvalue weighted by Gasteiger charge is 2.20. The summed E-state index contributed by atoms with van der Waals surface area (Å²) >= 11 is 0.